The summed E-state index contributed by atoms with van der Waals surface area (Å²) < 4.78 is 5.50. The van der Waals surface area contributed by atoms with E-state index in [2.05, 4.69) is 15.2 Å². The van der Waals surface area contributed by atoms with Gasteiger partial charge in [-0.2, -0.15) is 5.10 Å². The number of carbonyl (C=O) groups is 2. The van der Waals surface area contributed by atoms with Crippen molar-refractivity contribution < 1.29 is 14.3 Å². The summed E-state index contributed by atoms with van der Waals surface area (Å²) in [6, 6.07) is -0.190. The molecule has 0 bridgehead atoms. The number of amides is 3. The van der Waals surface area contributed by atoms with Gasteiger partial charge in [-0.1, -0.05) is 6.92 Å². The van der Waals surface area contributed by atoms with Crippen molar-refractivity contribution >= 4 is 11.9 Å². The summed E-state index contributed by atoms with van der Waals surface area (Å²) in [6.07, 6.45) is 5.52. The Labute approximate surface area is 153 Å². The average Bonchev–Trinajstić information content (AvgIpc) is 3.11. The molecule has 1 unspecified atom stereocenters. The van der Waals surface area contributed by atoms with E-state index in [1.807, 2.05) is 6.92 Å². The van der Waals surface area contributed by atoms with Crippen LogP contribution in [0.3, 0.4) is 0 Å². The van der Waals surface area contributed by atoms with Gasteiger partial charge in [-0.05, 0) is 37.0 Å². The number of hydrogen-bond acceptors (Lipinski definition) is 5. The molecule has 3 heterocycles. The van der Waals surface area contributed by atoms with E-state index < -0.39 is 0 Å². The molecule has 142 valence electrons. The van der Waals surface area contributed by atoms with Gasteiger partial charge in [-0.15, -0.1) is 0 Å². The van der Waals surface area contributed by atoms with E-state index in [0.29, 0.717) is 37.8 Å². The highest BCUT2D eigenvalue weighted by molar-refractivity contribution is 5.96. The van der Waals surface area contributed by atoms with Crippen molar-refractivity contribution in [2.45, 2.75) is 52.0 Å². The molecule has 0 radical (unpaired) electrons. The van der Waals surface area contributed by atoms with Gasteiger partial charge in [0.1, 0.15) is 5.82 Å². The minimum absolute atomic E-state index is 0.0489. The number of carbonyl (C=O) groups excluding carboxylic acids is 2. The number of rotatable bonds is 5. The molecule has 1 aromatic rings. The molecular weight excluding hydrogens is 334 g/mol. The molecule has 8 nitrogen and oxygen atoms in total. The van der Waals surface area contributed by atoms with E-state index in [9.17, 15) is 9.59 Å². The molecule has 4 rings (SSSR count). The van der Waals surface area contributed by atoms with Gasteiger partial charge in [-0.25, -0.2) is 9.78 Å². The number of imide groups is 1. The number of aryl methyl sites for hydroxylation is 1. The third-order valence-corrected chi connectivity index (χ3v) is 6.38. The summed E-state index contributed by atoms with van der Waals surface area (Å²) in [6.45, 7) is 4.96. The fourth-order valence-electron chi connectivity index (χ4n) is 4.51. The summed E-state index contributed by atoms with van der Waals surface area (Å²) >= 11 is 0. The Kier molecular flexibility index (Phi) is 4.69. The van der Waals surface area contributed by atoms with Crippen LogP contribution in [0.25, 0.3) is 0 Å². The van der Waals surface area contributed by atoms with Gasteiger partial charge in [0.25, 0.3) is 0 Å². The largest absolute Gasteiger partial charge is 0.381 e. The first-order valence-electron chi connectivity index (χ1n) is 9.68. The Balaban J connectivity index is 1.42. The molecule has 26 heavy (non-hydrogen) atoms. The Morgan fingerprint density at radius 3 is 2.73 bits per heavy atom. The maximum Gasteiger partial charge on any atom is 0.327 e. The fourth-order valence-corrected chi connectivity index (χ4v) is 4.51. The molecule has 8 heteroatoms. The number of ether oxygens (including phenoxy) is 1. The monoisotopic (exact) mass is 361 g/mol. The molecule has 3 amide bonds. The number of urea groups is 1. The number of H-pyrrole nitrogens is 1. The number of aromatic nitrogens is 3. The molecule has 3 aliphatic rings. The maximum absolute atomic E-state index is 12.9. The van der Waals surface area contributed by atoms with Gasteiger partial charge >= 0.3 is 6.03 Å². The summed E-state index contributed by atoms with van der Waals surface area (Å²) in [5.41, 5.74) is 0.280. The lowest BCUT2D eigenvalue weighted by molar-refractivity contribution is -0.135. The second-order valence-electron chi connectivity index (χ2n) is 7.72. The minimum Gasteiger partial charge on any atom is -0.381 e. The molecule has 1 atom stereocenters. The molecule has 2 aliphatic heterocycles. The standard InChI is InChI=1S/C18H27N5O3/c1-2-14-19-15(21-20-14)12-22-8-4-16(24)23(17(22)25)11-13-3-5-18(13)6-9-26-10-7-18/h13H,2-12H2,1H3,(H,19,20,21). The number of nitrogens with one attached hydrogen (secondary N) is 1. The predicted octanol–water partition coefficient (Wildman–Crippen LogP) is 1.73. The van der Waals surface area contributed by atoms with Crippen LogP contribution in [0.15, 0.2) is 0 Å². The predicted molar refractivity (Wildman–Crippen MR) is 93.1 cm³/mol. The highest BCUT2D eigenvalue weighted by atomic mass is 16.5. The zero-order valence-corrected chi connectivity index (χ0v) is 15.4. The SMILES string of the molecule is CCc1n[nH]c(CN2CCC(=O)N(CC3CCC34CCOCC4)C2=O)n1. The van der Waals surface area contributed by atoms with E-state index in [0.717, 1.165) is 44.7 Å². The summed E-state index contributed by atoms with van der Waals surface area (Å²) in [7, 11) is 0. The fraction of sp³-hybridized carbons (Fsp3) is 0.778. The minimum atomic E-state index is -0.190. The quantitative estimate of drug-likeness (QED) is 0.862. The van der Waals surface area contributed by atoms with Crippen molar-refractivity contribution in [2.24, 2.45) is 11.3 Å². The second-order valence-corrected chi connectivity index (χ2v) is 7.72. The first-order chi connectivity index (χ1) is 12.6. The van der Waals surface area contributed by atoms with Gasteiger partial charge in [-0.3, -0.25) is 14.8 Å². The number of nitrogens with zero attached hydrogens (tertiary/aromatic N) is 4. The third-order valence-electron chi connectivity index (χ3n) is 6.38. The molecule has 2 saturated heterocycles. The van der Waals surface area contributed by atoms with Crippen LogP contribution in [0.2, 0.25) is 0 Å². The average molecular weight is 361 g/mol. The highest BCUT2D eigenvalue weighted by Crippen LogP contribution is 2.53. The normalized spacial score (nSPS) is 25.7. The Hall–Kier alpha value is -1.96. The molecule has 1 aromatic heterocycles. The van der Waals surface area contributed by atoms with E-state index in [1.54, 1.807) is 4.90 Å². The number of hydrogen-bond donors (Lipinski definition) is 1. The summed E-state index contributed by atoms with van der Waals surface area (Å²) in [4.78, 5) is 32.9. The van der Waals surface area contributed by atoms with Crippen LogP contribution in [0.1, 0.15) is 50.7 Å². The first-order valence-corrected chi connectivity index (χ1v) is 9.68. The van der Waals surface area contributed by atoms with E-state index in [1.165, 1.54) is 11.3 Å². The van der Waals surface area contributed by atoms with Gasteiger partial charge in [0.05, 0.1) is 6.54 Å². The molecule has 1 aliphatic carbocycles. The van der Waals surface area contributed by atoms with E-state index in [4.69, 9.17) is 4.74 Å². The van der Waals surface area contributed by atoms with Crippen LogP contribution < -0.4 is 0 Å². The topological polar surface area (TPSA) is 91.4 Å². The lowest BCUT2D eigenvalue weighted by Gasteiger charge is -2.53. The van der Waals surface area contributed by atoms with Gasteiger partial charge in [0, 0.05) is 39.1 Å². The Morgan fingerprint density at radius 1 is 1.27 bits per heavy atom. The van der Waals surface area contributed by atoms with Crippen molar-refractivity contribution in [2.75, 3.05) is 26.3 Å². The van der Waals surface area contributed by atoms with Crippen LogP contribution in [-0.4, -0.2) is 63.2 Å². The summed E-state index contributed by atoms with van der Waals surface area (Å²) in [5.74, 6) is 1.78. The molecule has 1 N–H and O–H groups in total. The van der Waals surface area contributed by atoms with Gasteiger partial charge in [0.2, 0.25) is 5.91 Å². The van der Waals surface area contributed by atoms with Crippen molar-refractivity contribution in [1.29, 1.82) is 0 Å². The van der Waals surface area contributed by atoms with Crippen LogP contribution >= 0.6 is 0 Å². The Bertz CT molecular complexity index is 682. The highest BCUT2D eigenvalue weighted by Gasteiger charge is 2.49. The zero-order valence-electron chi connectivity index (χ0n) is 15.4. The first kappa shape index (κ1) is 17.5. The lowest BCUT2D eigenvalue weighted by atomic mass is 9.56. The van der Waals surface area contributed by atoms with Crippen LogP contribution in [0, 0.1) is 11.3 Å². The van der Waals surface area contributed by atoms with Crippen molar-refractivity contribution in [3.8, 4) is 0 Å². The molecule has 3 fully saturated rings. The van der Waals surface area contributed by atoms with Crippen molar-refractivity contribution in [3.05, 3.63) is 11.6 Å². The van der Waals surface area contributed by atoms with Gasteiger partial charge in [0.15, 0.2) is 5.82 Å². The van der Waals surface area contributed by atoms with Gasteiger partial charge < -0.3 is 9.64 Å². The smallest absolute Gasteiger partial charge is 0.327 e. The van der Waals surface area contributed by atoms with Crippen LogP contribution in [0.4, 0.5) is 4.79 Å². The van der Waals surface area contributed by atoms with Crippen molar-refractivity contribution in [1.82, 2.24) is 25.0 Å². The summed E-state index contributed by atoms with van der Waals surface area (Å²) in [5, 5.41) is 7.01. The van der Waals surface area contributed by atoms with Crippen LogP contribution in [0.5, 0.6) is 0 Å². The molecule has 1 spiro atoms. The van der Waals surface area contributed by atoms with E-state index >= 15 is 0 Å². The lowest BCUT2D eigenvalue weighted by Crippen LogP contribution is -2.57. The van der Waals surface area contributed by atoms with E-state index in [-0.39, 0.29) is 17.4 Å². The zero-order chi connectivity index (χ0) is 18.1. The second kappa shape index (κ2) is 6.98. The molecule has 1 saturated carbocycles. The molecular formula is C18H27N5O3. The molecule has 0 aromatic carbocycles. The number of aromatic amines is 1. The maximum atomic E-state index is 12.9. The van der Waals surface area contributed by atoms with Crippen molar-refractivity contribution in [3.63, 3.8) is 0 Å². The van der Waals surface area contributed by atoms with Crippen LogP contribution in [-0.2, 0) is 22.5 Å². The third kappa shape index (κ3) is 3.11. The Morgan fingerprint density at radius 2 is 2.08 bits per heavy atom.